The molecule has 2 fully saturated rings. The zero-order chi connectivity index (χ0) is 10.9. The first kappa shape index (κ1) is 10.9. The first-order chi connectivity index (χ1) is 7.09. The quantitative estimate of drug-likeness (QED) is 0.739. The lowest BCUT2D eigenvalue weighted by Crippen LogP contribution is -2.52. The van der Waals surface area contributed by atoms with Gasteiger partial charge in [-0.2, -0.15) is 0 Å². The maximum absolute atomic E-state index is 11.7. The van der Waals surface area contributed by atoms with Crippen molar-refractivity contribution in [3.8, 4) is 0 Å². The van der Waals surface area contributed by atoms with Crippen molar-refractivity contribution >= 4 is 5.91 Å². The third-order valence-electron chi connectivity index (χ3n) is 3.59. The Morgan fingerprint density at radius 3 is 2.47 bits per heavy atom. The second-order valence-electron chi connectivity index (χ2n) is 5.42. The summed E-state index contributed by atoms with van der Waals surface area (Å²) in [5.41, 5.74) is 0.195. The van der Waals surface area contributed by atoms with E-state index in [1.165, 1.54) is 25.7 Å². The summed E-state index contributed by atoms with van der Waals surface area (Å²) in [7, 11) is 0. The predicted octanol–water partition coefficient (Wildman–Crippen LogP) is 1.58. The van der Waals surface area contributed by atoms with E-state index in [1.807, 2.05) is 6.92 Å². The van der Waals surface area contributed by atoms with Crippen molar-refractivity contribution in [2.75, 3.05) is 0 Å². The monoisotopic (exact) mass is 210 g/mol. The Bertz CT molecular complexity index is 242. The van der Waals surface area contributed by atoms with Crippen LogP contribution < -0.4 is 10.6 Å². The first-order valence-corrected chi connectivity index (χ1v) is 6.17. The minimum atomic E-state index is -0.0475. The van der Waals surface area contributed by atoms with Crippen LogP contribution in [0.1, 0.15) is 52.4 Å². The van der Waals surface area contributed by atoms with Crippen molar-refractivity contribution < 1.29 is 4.79 Å². The highest BCUT2D eigenvalue weighted by Crippen LogP contribution is 2.29. The Kier molecular flexibility index (Phi) is 3.01. The largest absolute Gasteiger partial charge is 0.352 e. The van der Waals surface area contributed by atoms with Gasteiger partial charge < -0.3 is 10.6 Å². The van der Waals surface area contributed by atoms with Crippen molar-refractivity contribution in [3.63, 3.8) is 0 Å². The fourth-order valence-corrected chi connectivity index (χ4v) is 2.44. The Labute approximate surface area is 92.0 Å². The van der Waals surface area contributed by atoms with Gasteiger partial charge in [0, 0.05) is 11.6 Å². The Hall–Kier alpha value is -0.570. The van der Waals surface area contributed by atoms with Crippen LogP contribution in [-0.2, 0) is 4.79 Å². The van der Waals surface area contributed by atoms with Crippen LogP contribution in [0.15, 0.2) is 0 Å². The molecular weight excluding hydrogens is 188 g/mol. The molecule has 2 aliphatic rings. The molecule has 3 nitrogen and oxygen atoms in total. The molecule has 2 aliphatic carbocycles. The van der Waals surface area contributed by atoms with E-state index in [2.05, 4.69) is 17.6 Å². The molecule has 0 heterocycles. The maximum Gasteiger partial charge on any atom is 0.237 e. The second-order valence-corrected chi connectivity index (χ2v) is 5.42. The molecule has 0 aliphatic heterocycles. The van der Waals surface area contributed by atoms with Crippen LogP contribution in [-0.4, -0.2) is 23.5 Å². The molecule has 0 spiro atoms. The number of hydrogen-bond donors (Lipinski definition) is 2. The van der Waals surface area contributed by atoms with Gasteiger partial charge in [0.1, 0.15) is 0 Å². The van der Waals surface area contributed by atoms with E-state index in [1.54, 1.807) is 0 Å². The van der Waals surface area contributed by atoms with Gasteiger partial charge in [0.05, 0.1) is 6.04 Å². The molecule has 0 aromatic rings. The SMILES string of the molecule is CC(NC1(C)CCCC1)C(=O)NC1CC1. The van der Waals surface area contributed by atoms with Crippen LogP contribution >= 0.6 is 0 Å². The number of carbonyl (C=O) groups excluding carboxylic acids is 1. The summed E-state index contributed by atoms with van der Waals surface area (Å²) in [6.45, 7) is 4.21. The van der Waals surface area contributed by atoms with E-state index in [0.29, 0.717) is 6.04 Å². The van der Waals surface area contributed by atoms with Crippen molar-refractivity contribution in [2.24, 2.45) is 0 Å². The molecule has 1 atom stereocenters. The number of nitrogens with one attached hydrogen (secondary N) is 2. The van der Waals surface area contributed by atoms with Gasteiger partial charge in [-0.3, -0.25) is 4.79 Å². The number of hydrogen-bond acceptors (Lipinski definition) is 2. The molecule has 0 bridgehead atoms. The molecule has 2 rings (SSSR count). The van der Waals surface area contributed by atoms with Crippen molar-refractivity contribution in [2.45, 2.75) is 70.0 Å². The lowest BCUT2D eigenvalue weighted by atomic mass is 9.99. The topological polar surface area (TPSA) is 41.1 Å². The Morgan fingerprint density at radius 1 is 1.33 bits per heavy atom. The summed E-state index contributed by atoms with van der Waals surface area (Å²) in [5.74, 6) is 0.172. The fraction of sp³-hybridized carbons (Fsp3) is 0.917. The predicted molar refractivity (Wildman–Crippen MR) is 60.6 cm³/mol. The molecule has 0 aromatic heterocycles. The van der Waals surface area contributed by atoms with E-state index in [9.17, 15) is 4.79 Å². The van der Waals surface area contributed by atoms with E-state index in [-0.39, 0.29) is 17.5 Å². The maximum atomic E-state index is 11.7. The smallest absolute Gasteiger partial charge is 0.237 e. The average Bonchev–Trinajstić information content (AvgIpc) is 2.88. The molecule has 0 saturated heterocycles. The van der Waals surface area contributed by atoms with E-state index < -0.39 is 0 Å². The van der Waals surface area contributed by atoms with Crippen LogP contribution in [0.3, 0.4) is 0 Å². The summed E-state index contributed by atoms with van der Waals surface area (Å²) in [5, 5.41) is 6.52. The number of amides is 1. The first-order valence-electron chi connectivity index (χ1n) is 6.17. The van der Waals surface area contributed by atoms with Crippen LogP contribution in [0.4, 0.5) is 0 Å². The van der Waals surface area contributed by atoms with E-state index in [0.717, 1.165) is 12.8 Å². The average molecular weight is 210 g/mol. The third kappa shape index (κ3) is 2.94. The molecule has 15 heavy (non-hydrogen) atoms. The number of rotatable bonds is 4. The third-order valence-corrected chi connectivity index (χ3v) is 3.59. The molecule has 2 N–H and O–H groups in total. The van der Waals surface area contributed by atoms with Gasteiger partial charge in [-0.1, -0.05) is 12.8 Å². The molecule has 1 unspecified atom stereocenters. The van der Waals surface area contributed by atoms with Crippen molar-refractivity contribution in [1.29, 1.82) is 0 Å². The van der Waals surface area contributed by atoms with Gasteiger partial charge in [0.15, 0.2) is 0 Å². The van der Waals surface area contributed by atoms with Crippen LogP contribution in [0.2, 0.25) is 0 Å². The van der Waals surface area contributed by atoms with Gasteiger partial charge in [0.25, 0.3) is 0 Å². The summed E-state index contributed by atoms with van der Waals surface area (Å²) < 4.78 is 0. The summed E-state index contributed by atoms with van der Waals surface area (Å²) in [6, 6.07) is 0.423. The molecule has 3 heteroatoms. The summed E-state index contributed by atoms with van der Waals surface area (Å²) in [6.07, 6.45) is 7.31. The van der Waals surface area contributed by atoms with Gasteiger partial charge >= 0.3 is 0 Å². The highest BCUT2D eigenvalue weighted by Gasteiger charge is 2.32. The van der Waals surface area contributed by atoms with Gasteiger partial charge in [-0.25, -0.2) is 0 Å². The van der Waals surface area contributed by atoms with Gasteiger partial charge in [0.2, 0.25) is 5.91 Å². The minimum Gasteiger partial charge on any atom is -0.352 e. The zero-order valence-electron chi connectivity index (χ0n) is 9.81. The van der Waals surface area contributed by atoms with E-state index in [4.69, 9.17) is 0 Å². The standard InChI is InChI=1S/C12H22N2O/c1-9(11(15)13-10-5-6-10)14-12(2)7-3-4-8-12/h9-10,14H,3-8H2,1-2H3,(H,13,15). The molecular formula is C12H22N2O. The Balaban J connectivity index is 1.79. The van der Waals surface area contributed by atoms with Crippen LogP contribution in [0, 0.1) is 0 Å². The summed E-state index contributed by atoms with van der Waals surface area (Å²) >= 11 is 0. The van der Waals surface area contributed by atoms with E-state index >= 15 is 0 Å². The van der Waals surface area contributed by atoms with Crippen LogP contribution in [0.25, 0.3) is 0 Å². The zero-order valence-corrected chi connectivity index (χ0v) is 9.81. The normalized spacial score (nSPS) is 26.3. The second kappa shape index (κ2) is 4.12. The van der Waals surface area contributed by atoms with Gasteiger partial charge in [-0.15, -0.1) is 0 Å². The molecule has 86 valence electrons. The Morgan fingerprint density at radius 2 is 1.93 bits per heavy atom. The highest BCUT2D eigenvalue weighted by atomic mass is 16.2. The summed E-state index contributed by atoms with van der Waals surface area (Å²) in [4.78, 5) is 11.7. The molecule has 0 radical (unpaired) electrons. The number of carbonyl (C=O) groups is 1. The fourth-order valence-electron chi connectivity index (χ4n) is 2.44. The minimum absolute atomic E-state index is 0.0475. The highest BCUT2D eigenvalue weighted by molar-refractivity contribution is 5.81. The lowest BCUT2D eigenvalue weighted by molar-refractivity contribution is -0.123. The molecule has 0 aromatic carbocycles. The molecule has 1 amide bonds. The lowest BCUT2D eigenvalue weighted by Gasteiger charge is -2.29. The molecule has 2 saturated carbocycles. The van der Waals surface area contributed by atoms with Gasteiger partial charge in [-0.05, 0) is 39.5 Å². The van der Waals surface area contributed by atoms with Crippen molar-refractivity contribution in [1.82, 2.24) is 10.6 Å². The van der Waals surface area contributed by atoms with Crippen molar-refractivity contribution in [3.05, 3.63) is 0 Å². The van der Waals surface area contributed by atoms with Crippen LogP contribution in [0.5, 0.6) is 0 Å².